The zero-order valence-electron chi connectivity index (χ0n) is 19.6. The Morgan fingerprint density at radius 1 is 0.914 bits per heavy atom. The quantitative estimate of drug-likeness (QED) is 0.267. The molecule has 35 heavy (non-hydrogen) atoms. The largest absolute Gasteiger partial charge is 0.489 e. The van der Waals surface area contributed by atoms with Gasteiger partial charge in [-0.25, -0.2) is 9.37 Å². The molecule has 4 aromatic rings. The third-order valence-electron chi connectivity index (χ3n) is 5.89. The van der Waals surface area contributed by atoms with Gasteiger partial charge in [0.1, 0.15) is 36.0 Å². The maximum atomic E-state index is 14.0. The smallest absolute Gasteiger partial charge is 0.306 e. The van der Waals surface area contributed by atoms with Gasteiger partial charge in [-0.1, -0.05) is 61.9 Å². The van der Waals surface area contributed by atoms with Crippen molar-refractivity contribution in [2.24, 2.45) is 5.92 Å². The van der Waals surface area contributed by atoms with E-state index in [1.165, 1.54) is 6.07 Å². The van der Waals surface area contributed by atoms with Gasteiger partial charge in [0.15, 0.2) is 0 Å². The van der Waals surface area contributed by atoms with E-state index in [2.05, 4.69) is 4.98 Å². The third-order valence-corrected chi connectivity index (χ3v) is 5.89. The predicted molar refractivity (Wildman–Crippen MR) is 133 cm³/mol. The number of hydrogen-bond donors (Lipinski definition) is 1. The molecule has 0 amide bonds. The summed E-state index contributed by atoms with van der Waals surface area (Å²) < 4.78 is 25.9. The topological polar surface area (TPSA) is 68.7 Å². The molecule has 0 aliphatic rings. The van der Waals surface area contributed by atoms with Crippen molar-refractivity contribution in [3.63, 3.8) is 0 Å². The van der Waals surface area contributed by atoms with Crippen LogP contribution in [0.1, 0.15) is 36.6 Å². The van der Waals surface area contributed by atoms with E-state index in [-0.39, 0.29) is 12.4 Å². The highest BCUT2D eigenvalue weighted by Gasteiger charge is 2.18. The SMILES string of the molecule is CCCC(Cc1ccccc1COc1cccc(OCc2ccc3cccc(F)c3n2)c1)C(=O)O. The summed E-state index contributed by atoms with van der Waals surface area (Å²) in [7, 11) is 0. The number of fused-ring (bicyclic) bond motifs is 1. The summed E-state index contributed by atoms with van der Waals surface area (Å²) in [5.41, 5.74) is 2.90. The van der Waals surface area contributed by atoms with Gasteiger partial charge in [-0.15, -0.1) is 0 Å². The van der Waals surface area contributed by atoms with Crippen LogP contribution in [0.5, 0.6) is 11.5 Å². The van der Waals surface area contributed by atoms with Crippen molar-refractivity contribution in [1.82, 2.24) is 4.98 Å². The van der Waals surface area contributed by atoms with Crippen molar-refractivity contribution in [2.75, 3.05) is 0 Å². The van der Waals surface area contributed by atoms with Crippen LogP contribution in [0.15, 0.2) is 78.9 Å². The zero-order chi connectivity index (χ0) is 24.6. The van der Waals surface area contributed by atoms with Crippen LogP contribution >= 0.6 is 0 Å². The van der Waals surface area contributed by atoms with Crippen LogP contribution in [-0.4, -0.2) is 16.1 Å². The van der Waals surface area contributed by atoms with Crippen LogP contribution in [0.4, 0.5) is 4.39 Å². The molecular weight excluding hydrogens is 445 g/mol. The molecule has 6 heteroatoms. The molecule has 0 aliphatic carbocycles. The number of hydrogen-bond acceptors (Lipinski definition) is 4. The lowest BCUT2D eigenvalue weighted by Gasteiger charge is -2.15. The second kappa shape index (κ2) is 11.5. The highest BCUT2D eigenvalue weighted by atomic mass is 19.1. The Balaban J connectivity index is 1.40. The molecular formula is C29H28FNO4. The minimum Gasteiger partial charge on any atom is -0.489 e. The van der Waals surface area contributed by atoms with Crippen molar-refractivity contribution in [1.29, 1.82) is 0 Å². The Kier molecular flexibility index (Phi) is 7.93. The summed E-state index contributed by atoms with van der Waals surface area (Å²) in [5.74, 6) is -0.284. The number of carbonyl (C=O) groups is 1. The highest BCUT2D eigenvalue weighted by molar-refractivity contribution is 5.79. The number of nitrogens with zero attached hydrogens (tertiary/aromatic N) is 1. The van der Waals surface area contributed by atoms with Crippen molar-refractivity contribution < 1.29 is 23.8 Å². The number of ether oxygens (including phenoxy) is 2. The Hall–Kier alpha value is -3.93. The molecule has 0 aliphatic heterocycles. The van der Waals surface area contributed by atoms with Gasteiger partial charge in [-0.05, 0) is 48.2 Å². The van der Waals surface area contributed by atoms with Crippen LogP contribution in [0, 0.1) is 11.7 Å². The van der Waals surface area contributed by atoms with E-state index in [9.17, 15) is 14.3 Å². The summed E-state index contributed by atoms with van der Waals surface area (Å²) in [4.78, 5) is 16.0. The molecule has 0 radical (unpaired) electrons. The standard InChI is InChI=1S/C29H28FNO4/c1-2-7-22(29(32)33)16-21-8-3-4-9-23(21)18-34-25-11-6-12-26(17-25)35-19-24-15-14-20-10-5-13-27(30)28(20)31-24/h3-6,8-15,17,22H,2,7,16,18-19H2,1H3,(H,32,33). The van der Waals surface area contributed by atoms with Crippen molar-refractivity contribution in [2.45, 2.75) is 39.4 Å². The molecule has 1 atom stereocenters. The van der Waals surface area contributed by atoms with Crippen molar-refractivity contribution in [3.8, 4) is 11.5 Å². The predicted octanol–water partition coefficient (Wildman–Crippen LogP) is 6.58. The van der Waals surface area contributed by atoms with E-state index >= 15 is 0 Å². The normalized spacial score (nSPS) is 11.8. The number of rotatable bonds is 11. The molecule has 0 saturated carbocycles. The molecule has 4 rings (SSSR count). The monoisotopic (exact) mass is 473 g/mol. The van der Waals surface area contributed by atoms with Crippen LogP contribution in [0.3, 0.4) is 0 Å². The molecule has 180 valence electrons. The summed E-state index contributed by atoms with van der Waals surface area (Å²) in [6.45, 7) is 2.52. The fourth-order valence-corrected chi connectivity index (χ4v) is 4.03. The van der Waals surface area contributed by atoms with Gasteiger partial charge in [0.05, 0.1) is 11.6 Å². The van der Waals surface area contributed by atoms with E-state index in [1.54, 1.807) is 12.1 Å². The number of pyridine rings is 1. The van der Waals surface area contributed by atoms with E-state index in [0.717, 1.165) is 22.9 Å². The molecule has 1 N–H and O–H groups in total. The summed E-state index contributed by atoms with van der Waals surface area (Å²) in [6.07, 6.45) is 1.94. The van der Waals surface area contributed by atoms with Gasteiger partial charge < -0.3 is 14.6 Å². The van der Waals surface area contributed by atoms with E-state index in [4.69, 9.17) is 9.47 Å². The summed E-state index contributed by atoms with van der Waals surface area (Å²) in [6, 6.07) is 23.6. The highest BCUT2D eigenvalue weighted by Crippen LogP contribution is 2.24. The zero-order valence-corrected chi connectivity index (χ0v) is 19.6. The Bertz CT molecular complexity index is 1310. The lowest BCUT2D eigenvalue weighted by molar-refractivity contribution is -0.141. The number of benzene rings is 3. The Labute approximate surface area is 204 Å². The van der Waals surface area contributed by atoms with Crippen LogP contribution in [-0.2, 0) is 24.4 Å². The van der Waals surface area contributed by atoms with Gasteiger partial charge in [-0.2, -0.15) is 0 Å². The van der Waals surface area contributed by atoms with Crippen LogP contribution in [0.25, 0.3) is 10.9 Å². The van der Waals surface area contributed by atoms with Gasteiger partial charge in [-0.3, -0.25) is 4.79 Å². The van der Waals surface area contributed by atoms with Gasteiger partial charge in [0.2, 0.25) is 0 Å². The maximum Gasteiger partial charge on any atom is 0.306 e. The molecule has 0 saturated heterocycles. The Morgan fingerprint density at radius 3 is 2.37 bits per heavy atom. The molecule has 1 heterocycles. The second-order valence-electron chi connectivity index (χ2n) is 8.46. The molecule has 3 aromatic carbocycles. The first-order valence-corrected chi connectivity index (χ1v) is 11.7. The van der Waals surface area contributed by atoms with Crippen LogP contribution in [0.2, 0.25) is 0 Å². The van der Waals surface area contributed by atoms with Gasteiger partial charge in [0.25, 0.3) is 0 Å². The number of para-hydroxylation sites is 1. The fourth-order valence-electron chi connectivity index (χ4n) is 4.03. The van der Waals surface area contributed by atoms with Crippen LogP contribution < -0.4 is 9.47 Å². The lowest BCUT2D eigenvalue weighted by Crippen LogP contribution is -2.17. The summed E-state index contributed by atoms with van der Waals surface area (Å²) >= 11 is 0. The first kappa shape index (κ1) is 24.2. The lowest BCUT2D eigenvalue weighted by atomic mass is 9.92. The van der Waals surface area contributed by atoms with Crippen molar-refractivity contribution >= 4 is 16.9 Å². The average Bonchev–Trinajstić information content (AvgIpc) is 2.87. The molecule has 1 unspecified atom stereocenters. The molecule has 0 spiro atoms. The number of carboxylic acids is 1. The van der Waals surface area contributed by atoms with E-state index in [0.29, 0.717) is 42.2 Å². The van der Waals surface area contributed by atoms with E-state index in [1.807, 2.05) is 67.6 Å². The summed E-state index contributed by atoms with van der Waals surface area (Å²) in [5, 5.41) is 10.3. The first-order chi connectivity index (χ1) is 17.0. The maximum absolute atomic E-state index is 14.0. The number of carboxylic acid groups (broad SMARTS) is 1. The third kappa shape index (κ3) is 6.35. The number of halogens is 1. The minimum absolute atomic E-state index is 0.199. The van der Waals surface area contributed by atoms with Gasteiger partial charge >= 0.3 is 5.97 Å². The number of aromatic nitrogens is 1. The van der Waals surface area contributed by atoms with E-state index < -0.39 is 11.9 Å². The minimum atomic E-state index is -0.768. The average molecular weight is 474 g/mol. The number of aliphatic carboxylic acids is 1. The fraction of sp³-hybridized carbons (Fsp3) is 0.241. The molecule has 0 fully saturated rings. The molecule has 0 bridgehead atoms. The van der Waals surface area contributed by atoms with Crippen molar-refractivity contribution in [3.05, 3.63) is 102 Å². The second-order valence-corrected chi connectivity index (χ2v) is 8.46. The molecule has 5 nitrogen and oxygen atoms in total. The first-order valence-electron chi connectivity index (χ1n) is 11.7. The Morgan fingerprint density at radius 2 is 1.63 bits per heavy atom. The molecule has 1 aromatic heterocycles. The van der Waals surface area contributed by atoms with Gasteiger partial charge in [0, 0.05) is 11.5 Å².